The van der Waals surface area contributed by atoms with Gasteiger partial charge in [0.1, 0.15) is 0 Å². The van der Waals surface area contributed by atoms with Crippen LogP contribution in [0.2, 0.25) is 0 Å². The molecule has 0 bridgehead atoms. The molecule has 0 saturated carbocycles. The first-order valence-corrected chi connectivity index (χ1v) is 10.9. The van der Waals surface area contributed by atoms with Gasteiger partial charge in [0.15, 0.2) is 0 Å². The van der Waals surface area contributed by atoms with E-state index in [9.17, 15) is 4.79 Å². The number of likely N-dealkylation sites (tertiary alicyclic amines) is 2. The van der Waals surface area contributed by atoms with E-state index in [1.54, 1.807) is 0 Å². The average molecular weight is 387 g/mol. The summed E-state index contributed by atoms with van der Waals surface area (Å²) in [7, 11) is 0. The summed E-state index contributed by atoms with van der Waals surface area (Å²) in [6.07, 6.45) is 5.39. The molecule has 1 aromatic heterocycles. The molecule has 3 aliphatic rings. The van der Waals surface area contributed by atoms with Crippen LogP contribution in [-0.2, 0) is 16.1 Å². The predicted molar refractivity (Wildman–Crippen MR) is 109 cm³/mol. The summed E-state index contributed by atoms with van der Waals surface area (Å²) in [5, 5.41) is 3.18. The molecule has 6 nitrogen and oxygen atoms in total. The van der Waals surface area contributed by atoms with Crippen molar-refractivity contribution in [1.82, 2.24) is 20.1 Å². The Morgan fingerprint density at radius 2 is 1.93 bits per heavy atom. The van der Waals surface area contributed by atoms with Crippen LogP contribution in [0.1, 0.15) is 43.5 Å². The van der Waals surface area contributed by atoms with E-state index in [0.29, 0.717) is 12.6 Å². The summed E-state index contributed by atoms with van der Waals surface area (Å²) in [6, 6.07) is 7.20. The molecule has 1 N–H and O–H groups in total. The Hall–Kier alpha value is -1.50. The lowest BCUT2D eigenvalue weighted by atomic mass is 9.92. The molecule has 0 spiro atoms. The molecular weight excluding hydrogens is 352 g/mol. The van der Waals surface area contributed by atoms with Crippen molar-refractivity contribution in [2.45, 2.75) is 57.7 Å². The molecule has 154 valence electrons. The number of rotatable bonds is 5. The van der Waals surface area contributed by atoms with E-state index < -0.39 is 0 Å². The van der Waals surface area contributed by atoms with Gasteiger partial charge in [-0.25, -0.2) is 0 Å². The van der Waals surface area contributed by atoms with Crippen molar-refractivity contribution in [3.63, 3.8) is 0 Å². The third kappa shape index (κ3) is 5.10. The molecule has 3 fully saturated rings. The fourth-order valence-electron chi connectivity index (χ4n) is 4.85. The Kier molecular flexibility index (Phi) is 6.60. The van der Waals surface area contributed by atoms with E-state index in [-0.39, 0.29) is 17.9 Å². The number of carbonyl (C=O) groups is 1. The zero-order valence-corrected chi connectivity index (χ0v) is 17.1. The molecular formula is C22H34N4O2. The minimum Gasteiger partial charge on any atom is -0.379 e. The molecule has 28 heavy (non-hydrogen) atoms. The van der Waals surface area contributed by atoms with E-state index in [1.807, 2.05) is 0 Å². The summed E-state index contributed by atoms with van der Waals surface area (Å²) in [5.41, 5.74) is 2.28. The van der Waals surface area contributed by atoms with Crippen LogP contribution in [0.5, 0.6) is 0 Å². The van der Waals surface area contributed by atoms with Gasteiger partial charge in [-0.2, -0.15) is 0 Å². The van der Waals surface area contributed by atoms with Crippen LogP contribution in [0.3, 0.4) is 0 Å². The lowest BCUT2D eigenvalue weighted by molar-refractivity contribution is -0.127. The predicted octanol–water partition coefficient (Wildman–Crippen LogP) is 1.97. The van der Waals surface area contributed by atoms with Crippen LogP contribution in [0.25, 0.3) is 0 Å². The van der Waals surface area contributed by atoms with Crippen molar-refractivity contribution in [3.8, 4) is 0 Å². The number of aryl methyl sites for hydroxylation is 1. The number of nitrogens with one attached hydrogen (secondary N) is 1. The Balaban J connectivity index is 1.18. The second-order valence-corrected chi connectivity index (χ2v) is 8.66. The van der Waals surface area contributed by atoms with E-state index in [2.05, 4.69) is 45.2 Å². The van der Waals surface area contributed by atoms with E-state index in [0.717, 1.165) is 64.3 Å². The van der Waals surface area contributed by atoms with Gasteiger partial charge in [0, 0.05) is 43.9 Å². The molecule has 1 unspecified atom stereocenters. The highest BCUT2D eigenvalue weighted by molar-refractivity contribution is 5.79. The van der Waals surface area contributed by atoms with Crippen LogP contribution in [0, 0.1) is 12.8 Å². The molecule has 4 rings (SSSR count). The summed E-state index contributed by atoms with van der Waals surface area (Å²) in [6.45, 7) is 8.88. The first-order chi connectivity index (χ1) is 13.7. The van der Waals surface area contributed by atoms with Gasteiger partial charge in [-0.15, -0.1) is 0 Å². The van der Waals surface area contributed by atoms with Crippen molar-refractivity contribution in [3.05, 3.63) is 29.6 Å². The van der Waals surface area contributed by atoms with Gasteiger partial charge in [0.25, 0.3) is 0 Å². The average Bonchev–Trinajstić information content (AvgIpc) is 3.22. The maximum atomic E-state index is 12.5. The first-order valence-electron chi connectivity index (χ1n) is 10.9. The van der Waals surface area contributed by atoms with Crippen molar-refractivity contribution < 1.29 is 9.53 Å². The molecule has 0 aliphatic carbocycles. The molecule has 3 saturated heterocycles. The molecule has 6 heteroatoms. The number of nitrogens with zero attached hydrogens (tertiary/aromatic N) is 3. The first kappa shape index (κ1) is 19.8. The third-order valence-electron chi connectivity index (χ3n) is 6.58. The highest BCUT2D eigenvalue weighted by Gasteiger charge is 2.31. The van der Waals surface area contributed by atoms with E-state index in [1.165, 1.54) is 18.5 Å². The fraction of sp³-hybridized carbons (Fsp3) is 0.727. The lowest BCUT2D eigenvalue weighted by Crippen LogP contribution is -2.49. The Bertz CT molecular complexity index is 646. The summed E-state index contributed by atoms with van der Waals surface area (Å²) in [5.74, 6) is 0.431. The van der Waals surface area contributed by atoms with Crippen LogP contribution >= 0.6 is 0 Å². The minimum atomic E-state index is 0.185. The fourth-order valence-corrected chi connectivity index (χ4v) is 4.85. The van der Waals surface area contributed by atoms with Crippen molar-refractivity contribution >= 4 is 5.91 Å². The van der Waals surface area contributed by atoms with Gasteiger partial charge in [-0.1, -0.05) is 6.07 Å². The third-order valence-corrected chi connectivity index (χ3v) is 6.58. The maximum absolute atomic E-state index is 12.5. The Morgan fingerprint density at radius 1 is 1.14 bits per heavy atom. The highest BCUT2D eigenvalue weighted by Crippen LogP contribution is 2.25. The monoisotopic (exact) mass is 386 g/mol. The highest BCUT2D eigenvalue weighted by atomic mass is 16.5. The minimum absolute atomic E-state index is 0.185. The van der Waals surface area contributed by atoms with E-state index >= 15 is 0 Å². The zero-order chi connectivity index (χ0) is 19.3. The summed E-state index contributed by atoms with van der Waals surface area (Å²) < 4.78 is 5.36. The lowest BCUT2D eigenvalue weighted by Gasteiger charge is -2.41. The molecule has 1 amide bonds. The molecule has 1 aromatic rings. The van der Waals surface area contributed by atoms with Gasteiger partial charge < -0.3 is 15.0 Å². The van der Waals surface area contributed by atoms with Crippen molar-refractivity contribution in [2.75, 3.05) is 39.4 Å². The second-order valence-electron chi connectivity index (χ2n) is 8.66. The van der Waals surface area contributed by atoms with Crippen molar-refractivity contribution in [1.29, 1.82) is 0 Å². The number of hydrogen-bond donors (Lipinski definition) is 1. The van der Waals surface area contributed by atoms with E-state index in [4.69, 9.17) is 4.74 Å². The molecule has 0 aromatic carbocycles. The number of piperidine rings is 2. The SMILES string of the molecule is Cc1cccc(CN2CCC(N3CCC(C(=O)NC4CCOC4)CC3)CC2)n1. The van der Waals surface area contributed by atoms with Crippen LogP contribution in [-0.4, -0.2) is 72.2 Å². The van der Waals surface area contributed by atoms with Gasteiger partial charge in [0.05, 0.1) is 18.3 Å². The summed E-state index contributed by atoms with van der Waals surface area (Å²) >= 11 is 0. The maximum Gasteiger partial charge on any atom is 0.223 e. The number of aromatic nitrogens is 1. The van der Waals surface area contributed by atoms with Crippen LogP contribution < -0.4 is 5.32 Å². The van der Waals surface area contributed by atoms with Gasteiger partial charge in [0.2, 0.25) is 5.91 Å². The second kappa shape index (κ2) is 9.33. The number of amides is 1. The quantitative estimate of drug-likeness (QED) is 0.839. The number of carbonyl (C=O) groups excluding carboxylic acids is 1. The number of ether oxygens (including phenoxy) is 1. The van der Waals surface area contributed by atoms with Gasteiger partial charge in [-0.3, -0.25) is 14.7 Å². The molecule has 1 atom stereocenters. The van der Waals surface area contributed by atoms with Crippen molar-refractivity contribution in [2.24, 2.45) is 5.92 Å². The zero-order valence-electron chi connectivity index (χ0n) is 17.1. The molecule has 0 radical (unpaired) electrons. The Labute approximate surface area is 168 Å². The van der Waals surface area contributed by atoms with Gasteiger partial charge >= 0.3 is 0 Å². The number of hydrogen-bond acceptors (Lipinski definition) is 5. The Morgan fingerprint density at radius 3 is 2.61 bits per heavy atom. The summed E-state index contributed by atoms with van der Waals surface area (Å²) in [4.78, 5) is 22.3. The number of pyridine rings is 1. The molecule has 3 aliphatic heterocycles. The topological polar surface area (TPSA) is 57.7 Å². The standard InChI is InChI=1S/C22H34N4O2/c1-17-3-2-4-19(23-17)15-25-10-7-21(8-11-25)26-12-5-18(6-13-26)22(27)24-20-9-14-28-16-20/h2-4,18,20-21H,5-16H2,1H3,(H,24,27). The van der Waals surface area contributed by atoms with Crippen LogP contribution in [0.15, 0.2) is 18.2 Å². The largest absolute Gasteiger partial charge is 0.379 e. The molecule has 4 heterocycles. The smallest absolute Gasteiger partial charge is 0.223 e. The van der Waals surface area contributed by atoms with Gasteiger partial charge in [-0.05, 0) is 64.3 Å². The van der Waals surface area contributed by atoms with Crippen LogP contribution in [0.4, 0.5) is 0 Å². The normalized spacial score (nSPS) is 25.8.